The third-order valence-electron chi connectivity index (χ3n) is 5.85. The summed E-state index contributed by atoms with van der Waals surface area (Å²) in [7, 11) is -0.981. The van der Waals surface area contributed by atoms with E-state index in [0.717, 1.165) is 11.8 Å². The number of carbonyl (C=O) groups is 1. The summed E-state index contributed by atoms with van der Waals surface area (Å²) in [6, 6.07) is 9.28. The zero-order valence-electron chi connectivity index (χ0n) is 21.9. The van der Waals surface area contributed by atoms with Crippen molar-refractivity contribution >= 4 is 20.0 Å². The number of rotatable bonds is 7. The van der Waals surface area contributed by atoms with Gasteiger partial charge >= 0.3 is 12.1 Å². The summed E-state index contributed by atoms with van der Waals surface area (Å²) in [6.07, 6.45) is -4.73. The van der Waals surface area contributed by atoms with Crippen LogP contribution in [0.3, 0.4) is 0 Å². The van der Waals surface area contributed by atoms with E-state index >= 15 is 0 Å². The third-order valence-corrected chi connectivity index (χ3v) is 10.2. The van der Waals surface area contributed by atoms with Crippen LogP contribution in [0.25, 0.3) is 0 Å². The Morgan fingerprint density at radius 2 is 1.51 bits per heavy atom. The van der Waals surface area contributed by atoms with Gasteiger partial charge < -0.3 is 19.2 Å². The van der Waals surface area contributed by atoms with E-state index in [9.17, 15) is 18.0 Å². The van der Waals surface area contributed by atoms with Gasteiger partial charge in [0.1, 0.15) is 29.3 Å². The molecule has 0 unspecified atom stereocenters. The molecule has 5 nitrogen and oxygen atoms in total. The Hall–Kier alpha value is -2.68. The predicted molar refractivity (Wildman–Crippen MR) is 135 cm³/mol. The topological polar surface area (TPSA) is 56.8 Å². The Bertz CT molecular complexity index is 1040. The van der Waals surface area contributed by atoms with Crippen LogP contribution in [0.2, 0.25) is 18.1 Å². The number of anilines is 1. The van der Waals surface area contributed by atoms with Gasteiger partial charge in [0, 0.05) is 18.3 Å². The van der Waals surface area contributed by atoms with E-state index in [1.807, 2.05) is 46.0 Å². The lowest BCUT2D eigenvalue weighted by Gasteiger charge is -2.38. The number of nitrogens with one attached hydrogen (secondary N) is 1. The van der Waals surface area contributed by atoms with Crippen LogP contribution < -0.4 is 14.5 Å². The van der Waals surface area contributed by atoms with Gasteiger partial charge in [-0.25, -0.2) is 4.79 Å². The number of alkyl halides is 3. The summed E-state index contributed by atoms with van der Waals surface area (Å²) < 4.78 is 59.8. The molecule has 194 valence electrons. The Kier molecular flexibility index (Phi) is 8.26. The molecule has 0 fully saturated rings. The molecule has 2 aromatic rings. The van der Waals surface area contributed by atoms with Crippen LogP contribution >= 0.6 is 0 Å². The van der Waals surface area contributed by atoms with E-state index in [-0.39, 0.29) is 17.7 Å². The fourth-order valence-electron chi connectivity index (χ4n) is 2.91. The van der Waals surface area contributed by atoms with Crippen LogP contribution in [0.15, 0.2) is 36.4 Å². The molecule has 9 heteroatoms. The highest BCUT2D eigenvalue weighted by Gasteiger charge is 2.44. The van der Waals surface area contributed by atoms with Crippen LogP contribution in [0.5, 0.6) is 11.5 Å². The summed E-state index contributed by atoms with van der Waals surface area (Å²) in [5, 5.41) is 2.60. The van der Waals surface area contributed by atoms with Crippen LogP contribution in [-0.4, -0.2) is 26.9 Å². The number of ether oxygens (including phenoxy) is 2. The first kappa shape index (κ1) is 28.6. The largest absolute Gasteiger partial charge is 0.543 e. The number of hydrogen-bond donors (Lipinski definition) is 1. The minimum Gasteiger partial charge on any atom is -0.543 e. The van der Waals surface area contributed by atoms with Crippen molar-refractivity contribution in [3.63, 3.8) is 0 Å². The van der Waals surface area contributed by atoms with Crippen molar-refractivity contribution in [2.45, 2.75) is 78.1 Å². The maximum atomic E-state index is 14.1. The molecule has 0 aromatic heterocycles. The fraction of sp³-hybridized carbons (Fsp3) is 0.500. The van der Waals surface area contributed by atoms with Crippen LogP contribution in [0.1, 0.15) is 63.0 Å². The second kappa shape index (κ2) is 10.1. The van der Waals surface area contributed by atoms with Crippen molar-refractivity contribution in [3.05, 3.63) is 53.1 Å². The molecule has 0 saturated carbocycles. The van der Waals surface area contributed by atoms with Gasteiger partial charge in [0.15, 0.2) is 0 Å². The Morgan fingerprint density at radius 3 is 1.97 bits per heavy atom. The fourth-order valence-corrected chi connectivity index (χ4v) is 3.94. The van der Waals surface area contributed by atoms with Crippen molar-refractivity contribution in [1.82, 2.24) is 0 Å². The average molecular weight is 512 g/mol. The molecule has 0 radical (unpaired) electrons. The van der Waals surface area contributed by atoms with Crippen molar-refractivity contribution in [1.29, 1.82) is 0 Å². The van der Waals surface area contributed by atoms with E-state index < -0.39 is 42.4 Å². The van der Waals surface area contributed by atoms with Crippen LogP contribution in [0.4, 0.5) is 18.9 Å². The van der Waals surface area contributed by atoms with Gasteiger partial charge in [0.05, 0.1) is 5.56 Å². The van der Waals surface area contributed by atoms with Gasteiger partial charge in [-0.1, -0.05) is 26.8 Å². The Labute approximate surface area is 207 Å². The lowest BCUT2D eigenvalue weighted by molar-refractivity contribution is -0.138. The summed E-state index contributed by atoms with van der Waals surface area (Å²) >= 11 is 0. The van der Waals surface area contributed by atoms with Crippen LogP contribution in [-0.2, 0) is 17.5 Å². The molecule has 0 bridgehead atoms. The standard InChI is InChI=1S/C26H36F3NO4Si/c1-24(2,3)33-23(31)21-17(16-32-19-13-11-18(30-7)12-14-19)10-15-20(26(27,28)29)22(21)34-35(8,9)25(4,5)6/h10-15,30H,16H2,1-9H3. The second-order valence-electron chi connectivity index (χ2n) is 10.9. The highest BCUT2D eigenvalue weighted by Crippen LogP contribution is 2.45. The molecule has 2 rings (SSSR count). The van der Waals surface area contributed by atoms with Crippen molar-refractivity contribution in [3.8, 4) is 11.5 Å². The molecule has 2 aromatic carbocycles. The molecule has 0 heterocycles. The average Bonchev–Trinajstić information content (AvgIpc) is 2.69. The molecular formula is C26H36F3NO4Si. The maximum absolute atomic E-state index is 14.1. The molecule has 1 N–H and O–H groups in total. The SMILES string of the molecule is CNc1ccc(OCc2ccc(C(F)(F)F)c(O[Si](C)(C)C(C)(C)C)c2C(=O)OC(C)(C)C)cc1. The van der Waals surface area contributed by atoms with Crippen molar-refractivity contribution < 1.29 is 31.9 Å². The zero-order chi connectivity index (χ0) is 26.8. The van der Waals surface area contributed by atoms with Gasteiger partial charge in [0.25, 0.3) is 8.32 Å². The summed E-state index contributed by atoms with van der Waals surface area (Å²) in [5.74, 6) is -0.877. The summed E-state index contributed by atoms with van der Waals surface area (Å²) in [6.45, 7) is 14.3. The zero-order valence-corrected chi connectivity index (χ0v) is 22.9. The second-order valence-corrected chi connectivity index (χ2v) is 15.6. The number of esters is 1. The molecule has 0 aliphatic rings. The van der Waals surface area contributed by atoms with Gasteiger partial charge in [-0.15, -0.1) is 0 Å². The highest BCUT2D eigenvalue weighted by atomic mass is 28.4. The summed E-state index contributed by atoms with van der Waals surface area (Å²) in [4.78, 5) is 13.3. The lowest BCUT2D eigenvalue weighted by Crippen LogP contribution is -2.45. The molecule has 0 saturated heterocycles. The Morgan fingerprint density at radius 1 is 0.943 bits per heavy atom. The van der Waals surface area contributed by atoms with Gasteiger partial charge in [-0.2, -0.15) is 13.2 Å². The van der Waals surface area contributed by atoms with E-state index in [1.165, 1.54) is 6.07 Å². The first-order chi connectivity index (χ1) is 15.9. The van der Waals surface area contributed by atoms with E-state index in [1.54, 1.807) is 40.0 Å². The van der Waals surface area contributed by atoms with E-state index in [2.05, 4.69) is 5.32 Å². The number of halogens is 3. The molecule has 0 aliphatic carbocycles. The predicted octanol–water partition coefficient (Wildman–Crippen LogP) is 7.67. The van der Waals surface area contributed by atoms with Crippen molar-refractivity contribution in [2.75, 3.05) is 12.4 Å². The normalized spacial score (nSPS) is 12.8. The number of benzene rings is 2. The quantitative estimate of drug-likeness (QED) is 0.305. The molecular weight excluding hydrogens is 475 g/mol. The first-order valence-electron chi connectivity index (χ1n) is 11.4. The van der Waals surface area contributed by atoms with E-state index in [0.29, 0.717) is 5.75 Å². The molecule has 0 aliphatic heterocycles. The van der Waals surface area contributed by atoms with Gasteiger partial charge in [0.2, 0.25) is 0 Å². The molecule has 0 spiro atoms. The number of hydrogen-bond acceptors (Lipinski definition) is 5. The highest BCUT2D eigenvalue weighted by molar-refractivity contribution is 6.74. The molecule has 0 atom stereocenters. The summed E-state index contributed by atoms with van der Waals surface area (Å²) in [5.41, 5.74) is -1.05. The monoisotopic (exact) mass is 511 g/mol. The minimum absolute atomic E-state index is 0.139. The smallest absolute Gasteiger partial charge is 0.419 e. The molecule has 35 heavy (non-hydrogen) atoms. The lowest BCUT2D eigenvalue weighted by atomic mass is 10.0. The maximum Gasteiger partial charge on any atom is 0.419 e. The third kappa shape index (κ3) is 7.40. The van der Waals surface area contributed by atoms with E-state index in [4.69, 9.17) is 13.9 Å². The number of carbonyl (C=O) groups excluding carboxylic acids is 1. The van der Waals surface area contributed by atoms with Gasteiger partial charge in [-0.3, -0.25) is 0 Å². The molecule has 0 amide bonds. The minimum atomic E-state index is -4.73. The van der Waals surface area contributed by atoms with Crippen molar-refractivity contribution in [2.24, 2.45) is 0 Å². The van der Waals surface area contributed by atoms with Gasteiger partial charge in [-0.05, 0) is 69.2 Å². The first-order valence-corrected chi connectivity index (χ1v) is 14.3. The Balaban J connectivity index is 2.66. The van der Waals surface area contributed by atoms with Crippen LogP contribution in [0, 0.1) is 0 Å².